The Morgan fingerprint density at radius 1 is 1.00 bits per heavy atom. The SMILES string of the molecule is CC(C)[C@@H](NC(=O)[C@H](Cc1c[nH]c2ccccc12)NC(=O)OCc1ccccc1)C(N)=O. The molecule has 2 atom stereocenters. The number of aromatic nitrogens is 1. The number of carbonyl (C=O) groups is 3. The molecule has 8 nitrogen and oxygen atoms in total. The van der Waals surface area contributed by atoms with Gasteiger partial charge in [-0.15, -0.1) is 0 Å². The van der Waals surface area contributed by atoms with Crippen LogP contribution in [0, 0.1) is 5.92 Å². The summed E-state index contributed by atoms with van der Waals surface area (Å²) in [7, 11) is 0. The number of aromatic amines is 1. The van der Waals surface area contributed by atoms with Crippen LogP contribution in [0.15, 0.2) is 60.8 Å². The Kier molecular flexibility index (Phi) is 7.49. The van der Waals surface area contributed by atoms with Crippen LogP contribution in [-0.4, -0.2) is 35.0 Å². The van der Waals surface area contributed by atoms with Gasteiger partial charge in [0.1, 0.15) is 18.7 Å². The lowest BCUT2D eigenvalue weighted by Crippen LogP contribution is -2.55. The highest BCUT2D eigenvalue weighted by Crippen LogP contribution is 2.19. The lowest BCUT2D eigenvalue weighted by atomic mass is 10.0. The van der Waals surface area contributed by atoms with E-state index in [0.717, 1.165) is 22.0 Å². The molecule has 168 valence electrons. The number of amides is 3. The average molecular weight is 437 g/mol. The van der Waals surface area contributed by atoms with E-state index >= 15 is 0 Å². The molecule has 0 fully saturated rings. The van der Waals surface area contributed by atoms with Crippen molar-refractivity contribution in [3.8, 4) is 0 Å². The molecule has 5 N–H and O–H groups in total. The summed E-state index contributed by atoms with van der Waals surface area (Å²) in [6, 6.07) is 15.1. The summed E-state index contributed by atoms with van der Waals surface area (Å²) in [6.07, 6.45) is 1.28. The third-order valence-corrected chi connectivity index (χ3v) is 5.19. The van der Waals surface area contributed by atoms with Crippen molar-refractivity contribution < 1.29 is 19.1 Å². The Bertz CT molecular complexity index is 1080. The standard InChI is InChI=1S/C24H28N4O4/c1-15(2)21(22(25)29)28-23(30)20(12-17-13-26-19-11-7-6-10-18(17)19)27-24(31)32-14-16-8-4-3-5-9-16/h3-11,13,15,20-21,26H,12,14H2,1-2H3,(H2,25,29)(H,27,31)(H,28,30)/t20-,21+/m0/s1. The number of nitrogens with two attached hydrogens (primary N) is 1. The molecular formula is C24H28N4O4. The molecule has 3 amide bonds. The smallest absolute Gasteiger partial charge is 0.408 e. The highest BCUT2D eigenvalue weighted by Gasteiger charge is 2.28. The molecular weight excluding hydrogens is 408 g/mol. The van der Waals surface area contributed by atoms with Crippen LogP contribution in [0.2, 0.25) is 0 Å². The molecule has 0 bridgehead atoms. The lowest BCUT2D eigenvalue weighted by Gasteiger charge is -2.23. The fraction of sp³-hybridized carbons (Fsp3) is 0.292. The molecule has 0 aliphatic heterocycles. The highest BCUT2D eigenvalue weighted by atomic mass is 16.5. The van der Waals surface area contributed by atoms with Crippen molar-refractivity contribution in [3.05, 3.63) is 71.9 Å². The van der Waals surface area contributed by atoms with E-state index in [1.54, 1.807) is 20.0 Å². The van der Waals surface area contributed by atoms with E-state index in [-0.39, 0.29) is 18.9 Å². The molecule has 0 aliphatic rings. The highest BCUT2D eigenvalue weighted by molar-refractivity contribution is 5.92. The van der Waals surface area contributed by atoms with E-state index in [1.807, 2.05) is 54.6 Å². The first-order chi connectivity index (χ1) is 15.3. The average Bonchev–Trinajstić information content (AvgIpc) is 3.18. The minimum absolute atomic E-state index is 0.0734. The van der Waals surface area contributed by atoms with Gasteiger partial charge in [0.25, 0.3) is 0 Å². The van der Waals surface area contributed by atoms with E-state index in [2.05, 4.69) is 15.6 Å². The lowest BCUT2D eigenvalue weighted by molar-refractivity contribution is -0.129. The van der Waals surface area contributed by atoms with Gasteiger partial charge in [0.15, 0.2) is 0 Å². The summed E-state index contributed by atoms with van der Waals surface area (Å²) in [5.74, 6) is -1.34. The Hall–Kier alpha value is -3.81. The molecule has 0 spiro atoms. The number of fused-ring (bicyclic) bond motifs is 1. The van der Waals surface area contributed by atoms with Crippen LogP contribution in [0.3, 0.4) is 0 Å². The number of para-hydroxylation sites is 1. The molecule has 32 heavy (non-hydrogen) atoms. The predicted octanol–water partition coefficient (Wildman–Crippen LogP) is 2.63. The molecule has 3 aromatic rings. The van der Waals surface area contributed by atoms with Crippen molar-refractivity contribution in [1.82, 2.24) is 15.6 Å². The van der Waals surface area contributed by atoms with Crippen LogP contribution in [0.1, 0.15) is 25.0 Å². The topological polar surface area (TPSA) is 126 Å². The maximum atomic E-state index is 13.0. The summed E-state index contributed by atoms with van der Waals surface area (Å²) in [4.78, 5) is 40.4. The van der Waals surface area contributed by atoms with Gasteiger partial charge in [-0.2, -0.15) is 0 Å². The molecule has 0 aliphatic carbocycles. The van der Waals surface area contributed by atoms with Gasteiger partial charge in [-0.3, -0.25) is 9.59 Å². The van der Waals surface area contributed by atoms with Gasteiger partial charge >= 0.3 is 6.09 Å². The molecule has 0 radical (unpaired) electrons. The van der Waals surface area contributed by atoms with E-state index in [4.69, 9.17) is 10.5 Å². The molecule has 1 heterocycles. The summed E-state index contributed by atoms with van der Waals surface area (Å²) in [5, 5.41) is 6.24. The Labute approximate surface area is 186 Å². The summed E-state index contributed by atoms with van der Waals surface area (Å²) >= 11 is 0. The first-order valence-electron chi connectivity index (χ1n) is 10.5. The number of benzene rings is 2. The first kappa shape index (κ1) is 22.9. The van der Waals surface area contributed by atoms with Crippen molar-refractivity contribution in [1.29, 1.82) is 0 Å². The third kappa shape index (κ3) is 5.87. The zero-order valence-corrected chi connectivity index (χ0v) is 18.1. The van der Waals surface area contributed by atoms with Gasteiger partial charge in [-0.1, -0.05) is 62.4 Å². The number of ether oxygens (including phenoxy) is 1. The minimum atomic E-state index is -0.960. The largest absolute Gasteiger partial charge is 0.445 e. The Morgan fingerprint density at radius 2 is 1.69 bits per heavy atom. The fourth-order valence-electron chi connectivity index (χ4n) is 3.46. The van der Waals surface area contributed by atoms with E-state index in [1.165, 1.54) is 0 Å². The first-order valence-corrected chi connectivity index (χ1v) is 10.5. The molecule has 3 rings (SSSR count). The van der Waals surface area contributed by atoms with E-state index in [9.17, 15) is 14.4 Å². The van der Waals surface area contributed by atoms with Gasteiger partial charge in [0.05, 0.1) is 0 Å². The van der Waals surface area contributed by atoms with Crippen molar-refractivity contribution in [2.45, 2.75) is 39.0 Å². The van der Waals surface area contributed by atoms with Crippen molar-refractivity contribution >= 4 is 28.8 Å². The number of nitrogens with one attached hydrogen (secondary N) is 3. The second-order valence-electron chi connectivity index (χ2n) is 7.95. The van der Waals surface area contributed by atoms with Crippen LogP contribution in [-0.2, 0) is 27.4 Å². The maximum absolute atomic E-state index is 13.0. The van der Waals surface area contributed by atoms with Gasteiger partial charge in [-0.05, 0) is 23.1 Å². The van der Waals surface area contributed by atoms with Gasteiger partial charge in [0, 0.05) is 23.5 Å². The maximum Gasteiger partial charge on any atom is 0.408 e. The predicted molar refractivity (Wildman–Crippen MR) is 122 cm³/mol. The number of H-pyrrole nitrogens is 1. The molecule has 0 saturated carbocycles. The monoisotopic (exact) mass is 436 g/mol. The van der Waals surface area contributed by atoms with Gasteiger partial charge in [0.2, 0.25) is 11.8 Å². The van der Waals surface area contributed by atoms with Gasteiger partial charge in [-0.25, -0.2) is 4.79 Å². The summed E-state index contributed by atoms with van der Waals surface area (Å²) in [6.45, 7) is 3.64. The summed E-state index contributed by atoms with van der Waals surface area (Å²) < 4.78 is 5.29. The molecule has 0 saturated heterocycles. The number of primary amides is 1. The number of hydrogen-bond donors (Lipinski definition) is 4. The van der Waals surface area contributed by atoms with Crippen molar-refractivity contribution in [3.63, 3.8) is 0 Å². The van der Waals surface area contributed by atoms with E-state index in [0.29, 0.717) is 0 Å². The molecule has 0 unspecified atom stereocenters. The second-order valence-corrected chi connectivity index (χ2v) is 7.95. The molecule has 2 aromatic carbocycles. The van der Waals surface area contributed by atoms with Crippen LogP contribution in [0.25, 0.3) is 10.9 Å². The van der Waals surface area contributed by atoms with Crippen LogP contribution in [0.5, 0.6) is 0 Å². The zero-order valence-electron chi connectivity index (χ0n) is 18.1. The molecule has 1 aromatic heterocycles. The zero-order chi connectivity index (χ0) is 23.1. The number of carbonyl (C=O) groups excluding carboxylic acids is 3. The number of alkyl carbamates (subject to hydrolysis) is 1. The van der Waals surface area contributed by atoms with Gasteiger partial charge < -0.3 is 26.1 Å². The van der Waals surface area contributed by atoms with Crippen LogP contribution in [0.4, 0.5) is 4.79 Å². The number of hydrogen-bond acceptors (Lipinski definition) is 4. The minimum Gasteiger partial charge on any atom is -0.445 e. The van der Waals surface area contributed by atoms with E-state index < -0.39 is 30.0 Å². The normalized spacial score (nSPS) is 12.8. The Morgan fingerprint density at radius 3 is 2.38 bits per heavy atom. The molecule has 8 heteroatoms. The van der Waals surface area contributed by atoms with Crippen molar-refractivity contribution in [2.24, 2.45) is 11.7 Å². The second kappa shape index (κ2) is 10.5. The van der Waals surface area contributed by atoms with Crippen LogP contribution < -0.4 is 16.4 Å². The van der Waals surface area contributed by atoms with Crippen molar-refractivity contribution in [2.75, 3.05) is 0 Å². The number of rotatable bonds is 9. The quantitative estimate of drug-likeness (QED) is 0.411. The Balaban J connectivity index is 1.75. The third-order valence-electron chi connectivity index (χ3n) is 5.19. The summed E-state index contributed by atoms with van der Waals surface area (Å²) in [5.41, 5.74) is 8.04. The van der Waals surface area contributed by atoms with Crippen LogP contribution >= 0.6 is 0 Å². The fourth-order valence-corrected chi connectivity index (χ4v) is 3.46.